The smallest absolute Gasteiger partial charge is 0.306 e. The molecule has 0 fully saturated rings. The van der Waals surface area contributed by atoms with Gasteiger partial charge in [-0.3, -0.25) is 4.79 Å². The molecule has 1 heterocycles. The van der Waals surface area contributed by atoms with Crippen molar-refractivity contribution in [1.29, 1.82) is 0 Å². The average Bonchev–Trinajstić information content (AvgIpc) is 3.18. The van der Waals surface area contributed by atoms with Crippen molar-refractivity contribution in [2.75, 3.05) is 5.32 Å². The number of amides is 1. The monoisotopic (exact) mass is 425 g/mol. The van der Waals surface area contributed by atoms with Gasteiger partial charge in [-0.25, -0.2) is 9.07 Å². The fourth-order valence-corrected chi connectivity index (χ4v) is 3.06. The first-order chi connectivity index (χ1) is 14.8. The summed E-state index contributed by atoms with van der Waals surface area (Å²) >= 11 is 0. The Balaban J connectivity index is 1.73. The number of rotatable bonds is 4. The summed E-state index contributed by atoms with van der Waals surface area (Å²) in [4.78, 5) is 12.7. The zero-order valence-electron chi connectivity index (χ0n) is 15.9. The Labute approximate surface area is 174 Å². The second-order valence-corrected chi connectivity index (χ2v) is 6.71. The number of nitrogens with zero attached hydrogens (tertiary/aromatic N) is 2. The van der Waals surface area contributed by atoms with Gasteiger partial charge in [0, 0.05) is 17.2 Å². The molecule has 0 spiro atoms. The lowest BCUT2D eigenvalue weighted by molar-refractivity contribution is -0.137. The van der Waals surface area contributed by atoms with E-state index in [2.05, 4.69) is 10.4 Å². The van der Waals surface area contributed by atoms with E-state index in [9.17, 15) is 22.4 Å². The molecular formula is C23H15F4N3O. The molecule has 0 radical (unpaired) electrons. The number of anilines is 1. The maximum Gasteiger partial charge on any atom is 0.416 e. The van der Waals surface area contributed by atoms with E-state index in [1.807, 2.05) is 36.4 Å². The van der Waals surface area contributed by atoms with E-state index in [1.165, 1.54) is 4.68 Å². The maximum atomic E-state index is 13.7. The van der Waals surface area contributed by atoms with Crippen molar-refractivity contribution in [3.63, 3.8) is 0 Å². The molecule has 8 heteroatoms. The molecule has 1 aromatic heterocycles. The van der Waals surface area contributed by atoms with E-state index in [-0.39, 0.29) is 5.82 Å². The Kier molecular flexibility index (Phi) is 5.29. The highest BCUT2D eigenvalue weighted by molar-refractivity contribution is 6.04. The molecule has 0 atom stereocenters. The maximum absolute atomic E-state index is 13.7. The second kappa shape index (κ2) is 8.06. The van der Waals surface area contributed by atoms with E-state index in [0.29, 0.717) is 23.5 Å². The zero-order valence-corrected chi connectivity index (χ0v) is 15.9. The number of aromatic nitrogens is 2. The van der Waals surface area contributed by atoms with E-state index < -0.39 is 29.0 Å². The van der Waals surface area contributed by atoms with Crippen molar-refractivity contribution in [3.8, 4) is 16.9 Å². The molecule has 4 nitrogen and oxygen atoms in total. The number of halogens is 4. The number of alkyl halides is 3. The van der Waals surface area contributed by atoms with Gasteiger partial charge in [0.25, 0.3) is 5.91 Å². The third kappa shape index (κ3) is 4.48. The van der Waals surface area contributed by atoms with Crippen LogP contribution in [0.3, 0.4) is 0 Å². The molecule has 0 saturated carbocycles. The van der Waals surface area contributed by atoms with Crippen LogP contribution in [0.4, 0.5) is 23.4 Å². The summed E-state index contributed by atoms with van der Waals surface area (Å²) < 4.78 is 54.2. The summed E-state index contributed by atoms with van der Waals surface area (Å²) in [7, 11) is 0. The molecule has 3 aromatic carbocycles. The van der Waals surface area contributed by atoms with Gasteiger partial charge in [0.1, 0.15) is 11.6 Å². The Morgan fingerprint density at radius 1 is 0.871 bits per heavy atom. The first-order valence-electron chi connectivity index (χ1n) is 9.21. The summed E-state index contributed by atoms with van der Waals surface area (Å²) in [6, 6.07) is 21.4. The molecule has 0 aliphatic rings. The summed E-state index contributed by atoms with van der Waals surface area (Å²) in [5.41, 5.74) is 0.288. The van der Waals surface area contributed by atoms with Crippen molar-refractivity contribution < 1.29 is 22.4 Å². The highest BCUT2D eigenvalue weighted by Crippen LogP contribution is 2.31. The van der Waals surface area contributed by atoms with E-state index in [1.54, 1.807) is 30.3 Å². The quantitative estimate of drug-likeness (QED) is 0.411. The van der Waals surface area contributed by atoms with Crippen molar-refractivity contribution in [3.05, 3.63) is 102 Å². The predicted octanol–water partition coefficient (Wildman–Crippen LogP) is 5.95. The minimum absolute atomic E-state index is 0.230. The average molecular weight is 425 g/mol. The normalized spacial score (nSPS) is 11.4. The summed E-state index contributed by atoms with van der Waals surface area (Å²) in [5.74, 6) is -1.81. The predicted molar refractivity (Wildman–Crippen MR) is 108 cm³/mol. The highest BCUT2D eigenvalue weighted by atomic mass is 19.4. The molecule has 0 bridgehead atoms. The first kappa shape index (κ1) is 20.3. The SMILES string of the molecule is O=C(Nc1cc(-c2ccccc2)nn1-c1ccccc1)c1cc(F)cc(C(F)(F)F)c1. The van der Waals surface area contributed by atoms with Crippen molar-refractivity contribution in [1.82, 2.24) is 9.78 Å². The van der Waals surface area contributed by atoms with Crippen LogP contribution in [0.2, 0.25) is 0 Å². The lowest BCUT2D eigenvalue weighted by Gasteiger charge is -2.11. The van der Waals surface area contributed by atoms with Crippen LogP contribution in [-0.2, 0) is 6.18 Å². The highest BCUT2D eigenvalue weighted by Gasteiger charge is 2.32. The van der Waals surface area contributed by atoms with Crippen LogP contribution in [0.15, 0.2) is 84.9 Å². The van der Waals surface area contributed by atoms with Gasteiger partial charge in [0.2, 0.25) is 0 Å². The van der Waals surface area contributed by atoms with Crippen molar-refractivity contribution in [2.24, 2.45) is 0 Å². The minimum Gasteiger partial charge on any atom is -0.306 e. The van der Waals surface area contributed by atoms with Crippen molar-refractivity contribution in [2.45, 2.75) is 6.18 Å². The molecule has 4 aromatic rings. The molecule has 4 rings (SSSR count). The summed E-state index contributed by atoms with van der Waals surface area (Å²) in [6.07, 6.45) is -4.77. The van der Waals surface area contributed by atoms with Gasteiger partial charge >= 0.3 is 6.18 Å². The van der Waals surface area contributed by atoms with E-state index in [4.69, 9.17) is 0 Å². The van der Waals surface area contributed by atoms with Gasteiger partial charge < -0.3 is 5.32 Å². The largest absolute Gasteiger partial charge is 0.416 e. The van der Waals surface area contributed by atoms with Gasteiger partial charge in [0.05, 0.1) is 16.9 Å². The number of para-hydroxylation sites is 1. The van der Waals surface area contributed by atoms with Gasteiger partial charge in [0.15, 0.2) is 0 Å². The molecular weight excluding hydrogens is 410 g/mol. The third-order valence-electron chi connectivity index (χ3n) is 4.51. The van der Waals surface area contributed by atoms with Gasteiger partial charge in [-0.05, 0) is 30.3 Å². The Bertz CT molecular complexity index is 1220. The van der Waals surface area contributed by atoms with Crippen LogP contribution in [0, 0.1) is 5.82 Å². The first-order valence-corrected chi connectivity index (χ1v) is 9.21. The van der Waals surface area contributed by atoms with E-state index >= 15 is 0 Å². The molecule has 0 unspecified atom stereocenters. The molecule has 0 aliphatic heterocycles. The summed E-state index contributed by atoms with van der Waals surface area (Å²) in [5, 5.41) is 7.07. The molecule has 1 N–H and O–H groups in total. The molecule has 0 aliphatic carbocycles. The lowest BCUT2D eigenvalue weighted by atomic mass is 10.1. The molecule has 156 valence electrons. The number of benzene rings is 3. The van der Waals surface area contributed by atoms with Crippen molar-refractivity contribution >= 4 is 11.7 Å². The number of hydrogen-bond acceptors (Lipinski definition) is 2. The van der Waals surface area contributed by atoms with E-state index in [0.717, 1.165) is 11.6 Å². The van der Waals surface area contributed by atoms with Crippen LogP contribution >= 0.6 is 0 Å². The topological polar surface area (TPSA) is 46.9 Å². The summed E-state index contributed by atoms with van der Waals surface area (Å²) in [6.45, 7) is 0. The molecule has 31 heavy (non-hydrogen) atoms. The number of nitrogens with one attached hydrogen (secondary N) is 1. The standard InChI is InChI=1S/C23H15F4N3O/c24-18-12-16(11-17(13-18)23(25,26)27)22(31)28-21-14-20(15-7-3-1-4-8-15)29-30(21)19-9-5-2-6-10-19/h1-14H,(H,28,31). The second-order valence-electron chi connectivity index (χ2n) is 6.71. The lowest BCUT2D eigenvalue weighted by Crippen LogP contribution is -2.17. The van der Waals surface area contributed by atoms with Crippen LogP contribution in [0.1, 0.15) is 15.9 Å². The van der Waals surface area contributed by atoms with Gasteiger partial charge in [-0.2, -0.15) is 18.3 Å². The van der Waals surface area contributed by atoms with Crippen LogP contribution in [-0.4, -0.2) is 15.7 Å². The van der Waals surface area contributed by atoms with Gasteiger partial charge in [-0.15, -0.1) is 0 Å². The fourth-order valence-electron chi connectivity index (χ4n) is 3.06. The Hall–Kier alpha value is -3.94. The minimum atomic E-state index is -4.77. The zero-order chi connectivity index (χ0) is 22.0. The van der Waals surface area contributed by atoms with Gasteiger partial charge in [-0.1, -0.05) is 48.5 Å². The van der Waals surface area contributed by atoms with Crippen LogP contribution in [0.5, 0.6) is 0 Å². The number of carbonyl (C=O) groups is 1. The number of hydrogen-bond donors (Lipinski definition) is 1. The van der Waals surface area contributed by atoms with Crippen LogP contribution in [0.25, 0.3) is 16.9 Å². The molecule has 1 amide bonds. The number of carbonyl (C=O) groups excluding carboxylic acids is 1. The fraction of sp³-hybridized carbons (Fsp3) is 0.0435. The molecule has 0 saturated heterocycles. The van der Waals surface area contributed by atoms with Crippen LogP contribution < -0.4 is 5.32 Å². The third-order valence-corrected chi connectivity index (χ3v) is 4.51. The Morgan fingerprint density at radius 3 is 2.16 bits per heavy atom. The Morgan fingerprint density at radius 2 is 1.52 bits per heavy atom.